The number of aromatic nitrogens is 1. The Morgan fingerprint density at radius 2 is 1.88 bits per heavy atom. The molecule has 0 radical (unpaired) electrons. The molecule has 8 heteroatoms. The average molecular weight is 434 g/mol. The van der Waals surface area contributed by atoms with Crippen molar-refractivity contribution in [3.8, 4) is 11.5 Å². The summed E-state index contributed by atoms with van der Waals surface area (Å²) in [4.78, 5) is 27.4. The molecule has 1 amide bonds. The normalized spacial score (nSPS) is 17.6. The van der Waals surface area contributed by atoms with Gasteiger partial charge in [0.25, 0.3) is 5.78 Å². The van der Waals surface area contributed by atoms with Crippen molar-refractivity contribution in [3.05, 3.63) is 77.1 Å². The van der Waals surface area contributed by atoms with Gasteiger partial charge in [-0.1, -0.05) is 17.3 Å². The molecule has 0 spiro atoms. The van der Waals surface area contributed by atoms with Crippen molar-refractivity contribution in [2.45, 2.75) is 19.9 Å². The van der Waals surface area contributed by atoms with E-state index in [1.807, 2.05) is 6.92 Å². The van der Waals surface area contributed by atoms with E-state index in [2.05, 4.69) is 5.16 Å². The Balaban J connectivity index is 1.89. The number of methoxy groups -OCH3 is 1. The summed E-state index contributed by atoms with van der Waals surface area (Å²) in [7, 11) is 1.52. The zero-order valence-electron chi connectivity index (χ0n) is 17.9. The summed E-state index contributed by atoms with van der Waals surface area (Å²) in [6, 6.07) is 14.3. The Kier molecular flexibility index (Phi) is 5.68. The van der Waals surface area contributed by atoms with Crippen LogP contribution < -0.4 is 14.4 Å². The van der Waals surface area contributed by atoms with Gasteiger partial charge in [0, 0.05) is 11.6 Å². The summed E-state index contributed by atoms with van der Waals surface area (Å²) in [6.45, 7) is 4.06. The van der Waals surface area contributed by atoms with Gasteiger partial charge in [-0.15, -0.1) is 0 Å². The van der Waals surface area contributed by atoms with Crippen molar-refractivity contribution >= 4 is 23.3 Å². The fourth-order valence-corrected chi connectivity index (χ4v) is 3.69. The molecule has 1 aliphatic heterocycles. The van der Waals surface area contributed by atoms with Crippen molar-refractivity contribution in [3.63, 3.8) is 0 Å². The summed E-state index contributed by atoms with van der Waals surface area (Å²) in [5.41, 5.74) is 0.917. The standard InChI is InChI=1S/C24H22N2O6/c1-4-31-17-10-8-15(9-11-17)22(27)20-21(16-6-5-7-18(13-16)30-3)26(24(29)23(20)28)19-12-14(2)32-25-19/h5-13,21,27H,4H2,1-3H3/t21-/m1/s1. The molecule has 1 saturated heterocycles. The zero-order chi connectivity index (χ0) is 22.8. The molecule has 1 atom stereocenters. The van der Waals surface area contributed by atoms with Gasteiger partial charge in [-0.2, -0.15) is 0 Å². The number of ketones is 1. The molecular weight excluding hydrogens is 412 g/mol. The Labute approximate surface area is 184 Å². The van der Waals surface area contributed by atoms with Crippen LogP contribution in [-0.4, -0.2) is 35.7 Å². The van der Waals surface area contributed by atoms with Crippen LogP contribution in [0.5, 0.6) is 11.5 Å². The highest BCUT2D eigenvalue weighted by Gasteiger charge is 2.48. The second-order valence-electron chi connectivity index (χ2n) is 7.20. The molecule has 32 heavy (non-hydrogen) atoms. The van der Waals surface area contributed by atoms with Crippen molar-refractivity contribution in [1.29, 1.82) is 0 Å². The number of ether oxygens (including phenoxy) is 2. The van der Waals surface area contributed by atoms with Crippen LogP contribution in [-0.2, 0) is 9.59 Å². The zero-order valence-corrected chi connectivity index (χ0v) is 17.9. The number of carbonyl (C=O) groups is 2. The topological polar surface area (TPSA) is 102 Å². The third-order valence-electron chi connectivity index (χ3n) is 5.16. The van der Waals surface area contributed by atoms with Crippen LogP contribution in [0.15, 0.2) is 64.7 Å². The highest BCUT2D eigenvalue weighted by molar-refractivity contribution is 6.51. The predicted molar refractivity (Wildman–Crippen MR) is 117 cm³/mol. The van der Waals surface area contributed by atoms with E-state index in [-0.39, 0.29) is 17.2 Å². The molecule has 2 heterocycles. The number of benzene rings is 2. The Bertz CT molecular complexity index is 1200. The van der Waals surface area contributed by atoms with Crippen molar-refractivity contribution < 1.29 is 28.7 Å². The number of Topliss-reactive ketones (excluding diaryl/α,β-unsaturated/α-hetero) is 1. The van der Waals surface area contributed by atoms with Gasteiger partial charge >= 0.3 is 5.91 Å². The molecule has 164 valence electrons. The lowest BCUT2D eigenvalue weighted by molar-refractivity contribution is -0.132. The number of aliphatic hydroxyl groups excluding tert-OH is 1. The first-order valence-corrected chi connectivity index (χ1v) is 10.1. The van der Waals surface area contributed by atoms with Gasteiger partial charge in [0.1, 0.15) is 23.0 Å². The van der Waals surface area contributed by atoms with Crippen LogP contribution in [0.2, 0.25) is 0 Å². The van der Waals surface area contributed by atoms with Gasteiger partial charge in [0.15, 0.2) is 5.82 Å². The highest BCUT2D eigenvalue weighted by atomic mass is 16.5. The molecule has 0 bridgehead atoms. The number of rotatable bonds is 6. The number of nitrogens with zero attached hydrogens (tertiary/aromatic N) is 2. The van der Waals surface area contributed by atoms with Crippen LogP contribution in [0.4, 0.5) is 5.82 Å². The SMILES string of the molecule is CCOc1ccc(C(O)=C2C(=O)C(=O)N(c3cc(C)on3)[C@@H]2c2cccc(OC)c2)cc1. The second kappa shape index (κ2) is 8.58. The first-order valence-electron chi connectivity index (χ1n) is 10.1. The second-order valence-corrected chi connectivity index (χ2v) is 7.20. The molecule has 0 saturated carbocycles. The Morgan fingerprint density at radius 1 is 1.12 bits per heavy atom. The number of hydrogen-bond acceptors (Lipinski definition) is 7. The number of aryl methyl sites for hydroxylation is 1. The third-order valence-corrected chi connectivity index (χ3v) is 5.16. The fourth-order valence-electron chi connectivity index (χ4n) is 3.69. The van der Waals surface area contributed by atoms with Crippen LogP contribution in [0.25, 0.3) is 5.76 Å². The summed E-state index contributed by atoms with van der Waals surface area (Å²) in [6.07, 6.45) is 0. The molecule has 2 aromatic carbocycles. The number of carbonyl (C=O) groups excluding carboxylic acids is 2. The molecule has 1 fully saturated rings. The average Bonchev–Trinajstić information content (AvgIpc) is 3.34. The molecule has 0 unspecified atom stereocenters. The van der Waals surface area contributed by atoms with Gasteiger partial charge in [-0.25, -0.2) is 0 Å². The van der Waals surface area contributed by atoms with Crippen LogP contribution in [0.3, 0.4) is 0 Å². The van der Waals surface area contributed by atoms with E-state index in [1.165, 1.54) is 12.0 Å². The fraction of sp³-hybridized carbons (Fsp3) is 0.208. The number of hydrogen-bond donors (Lipinski definition) is 1. The van der Waals surface area contributed by atoms with E-state index in [1.54, 1.807) is 61.5 Å². The molecule has 8 nitrogen and oxygen atoms in total. The third kappa shape index (κ3) is 3.71. The summed E-state index contributed by atoms with van der Waals surface area (Å²) >= 11 is 0. The maximum absolute atomic E-state index is 13.1. The van der Waals surface area contributed by atoms with E-state index in [0.29, 0.717) is 35.0 Å². The van der Waals surface area contributed by atoms with Crippen LogP contribution >= 0.6 is 0 Å². The van der Waals surface area contributed by atoms with Crippen LogP contribution in [0.1, 0.15) is 29.9 Å². The smallest absolute Gasteiger partial charge is 0.301 e. The minimum absolute atomic E-state index is 0.0481. The monoisotopic (exact) mass is 434 g/mol. The number of anilines is 1. The number of aliphatic hydroxyl groups is 1. The quantitative estimate of drug-likeness (QED) is 0.355. The lowest BCUT2D eigenvalue weighted by atomic mass is 9.95. The van der Waals surface area contributed by atoms with E-state index >= 15 is 0 Å². The van der Waals surface area contributed by atoms with Gasteiger partial charge in [0.05, 0.1) is 25.3 Å². The first-order chi connectivity index (χ1) is 15.4. The predicted octanol–water partition coefficient (Wildman–Crippen LogP) is 4.02. The van der Waals surface area contributed by atoms with Gasteiger partial charge in [0.2, 0.25) is 0 Å². The molecule has 1 aliphatic rings. The Hall–Kier alpha value is -4.07. The lowest BCUT2D eigenvalue weighted by Gasteiger charge is -2.23. The summed E-state index contributed by atoms with van der Waals surface area (Å²) < 4.78 is 15.9. The van der Waals surface area contributed by atoms with E-state index in [0.717, 1.165) is 0 Å². The maximum Gasteiger partial charge on any atom is 0.301 e. The maximum atomic E-state index is 13.1. The van der Waals surface area contributed by atoms with Gasteiger partial charge < -0.3 is 19.1 Å². The Morgan fingerprint density at radius 3 is 2.50 bits per heavy atom. The van der Waals surface area contributed by atoms with Crippen molar-refractivity contribution in [1.82, 2.24) is 5.16 Å². The lowest BCUT2D eigenvalue weighted by Crippen LogP contribution is -2.29. The summed E-state index contributed by atoms with van der Waals surface area (Å²) in [5.74, 6) is -0.0659. The number of amides is 1. The molecule has 3 aromatic rings. The minimum atomic E-state index is -0.916. The van der Waals surface area contributed by atoms with E-state index in [4.69, 9.17) is 14.0 Å². The highest BCUT2D eigenvalue weighted by Crippen LogP contribution is 2.42. The largest absolute Gasteiger partial charge is 0.507 e. The van der Waals surface area contributed by atoms with Gasteiger partial charge in [-0.3, -0.25) is 14.5 Å². The van der Waals surface area contributed by atoms with Crippen LogP contribution in [0, 0.1) is 6.92 Å². The van der Waals surface area contributed by atoms with Crippen molar-refractivity contribution in [2.24, 2.45) is 0 Å². The van der Waals surface area contributed by atoms with Gasteiger partial charge in [-0.05, 0) is 55.8 Å². The molecular formula is C24H22N2O6. The molecule has 4 rings (SSSR count). The van der Waals surface area contributed by atoms with Crippen molar-refractivity contribution in [2.75, 3.05) is 18.6 Å². The molecule has 0 aliphatic carbocycles. The minimum Gasteiger partial charge on any atom is -0.507 e. The molecule has 1 aromatic heterocycles. The van der Waals surface area contributed by atoms with E-state index in [9.17, 15) is 14.7 Å². The van der Waals surface area contributed by atoms with E-state index < -0.39 is 17.7 Å². The summed E-state index contributed by atoms with van der Waals surface area (Å²) in [5, 5.41) is 15.0. The molecule has 1 N–H and O–H groups in total. The first kappa shape index (κ1) is 21.2.